The summed E-state index contributed by atoms with van der Waals surface area (Å²) in [6, 6.07) is 28.2. The molecule has 1 N–H and O–H groups in total. The van der Waals surface area contributed by atoms with E-state index in [4.69, 9.17) is 44.5 Å². The van der Waals surface area contributed by atoms with Gasteiger partial charge in [-0.3, -0.25) is 14.2 Å². The summed E-state index contributed by atoms with van der Waals surface area (Å²) < 4.78 is 8.09. The van der Waals surface area contributed by atoms with Gasteiger partial charge >= 0.3 is 0 Å². The molecule has 1 aliphatic rings. The van der Waals surface area contributed by atoms with Crippen LogP contribution in [0.4, 0.5) is 5.69 Å². The van der Waals surface area contributed by atoms with Crippen molar-refractivity contribution in [2.24, 2.45) is 4.99 Å². The van der Waals surface area contributed by atoms with Crippen LogP contribution in [0.2, 0.25) is 15.1 Å². The highest BCUT2D eigenvalue weighted by molar-refractivity contribution is 7.07. The zero-order chi connectivity index (χ0) is 30.8. The van der Waals surface area contributed by atoms with E-state index in [9.17, 15) is 9.59 Å². The lowest BCUT2D eigenvalue weighted by atomic mass is 9.95. The fourth-order valence-electron chi connectivity index (χ4n) is 4.98. The highest BCUT2D eigenvalue weighted by Gasteiger charge is 2.32. The van der Waals surface area contributed by atoms with Crippen molar-refractivity contribution in [3.8, 4) is 5.75 Å². The Morgan fingerprint density at radius 3 is 2.41 bits per heavy atom. The maximum Gasteiger partial charge on any atom is 0.271 e. The number of nitrogens with zero attached hydrogens (tertiary/aromatic N) is 2. The number of hydrogen-bond acceptors (Lipinski definition) is 5. The summed E-state index contributed by atoms with van der Waals surface area (Å²) in [7, 11) is 0. The van der Waals surface area contributed by atoms with Crippen LogP contribution in [0.15, 0.2) is 118 Å². The van der Waals surface area contributed by atoms with E-state index in [-0.39, 0.29) is 18.1 Å². The summed E-state index contributed by atoms with van der Waals surface area (Å²) in [5, 5.41) is 4.61. The summed E-state index contributed by atoms with van der Waals surface area (Å²) in [4.78, 5) is 33.0. The molecule has 6 rings (SSSR count). The predicted molar refractivity (Wildman–Crippen MR) is 178 cm³/mol. The van der Waals surface area contributed by atoms with Crippen LogP contribution in [0.5, 0.6) is 5.75 Å². The van der Waals surface area contributed by atoms with E-state index in [1.807, 2.05) is 48.5 Å². The number of benzene rings is 4. The zero-order valence-corrected chi connectivity index (χ0v) is 26.3. The third-order valence-electron chi connectivity index (χ3n) is 7.03. The van der Waals surface area contributed by atoms with Crippen LogP contribution >= 0.6 is 46.1 Å². The van der Waals surface area contributed by atoms with Crippen molar-refractivity contribution in [2.75, 3.05) is 5.32 Å². The molecule has 0 aliphatic carbocycles. The summed E-state index contributed by atoms with van der Waals surface area (Å²) in [6.45, 7) is 2.05. The molecule has 0 bridgehead atoms. The average Bonchev–Trinajstić information content (AvgIpc) is 3.31. The Morgan fingerprint density at radius 2 is 1.66 bits per heavy atom. The monoisotopic (exact) mass is 659 g/mol. The first kappa shape index (κ1) is 29.9. The molecule has 10 heteroatoms. The number of hydrogen-bond donors (Lipinski definition) is 1. The van der Waals surface area contributed by atoms with Gasteiger partial charge in [0.2, 0.25) is 0 Å². The van der Waals surface area contributed by atoms with Gasteiger partial charge in [-0.15, -0.1) is 0 Å². The Morgan fingerprint density at radius 1 is 0.932 bits per heavy atom. The molecule has 1 atom stereocenters. The number of nitrogens with one attached hydrogen (secondary N) is 1. The molecule has 1 aliphatic heterocycles. The van der Waals surface area contributed by atoms with E-state index >= 15 is 0 Å². The number of carbonyl (C=O) groups excluding carboxylic acids is 1. The van der Waals surface area contributed by atoms with Crippen LogP contribution in [0.25, 0.3) is 6.08 Å². The van der Waals surface area contributed by atoms with E-state index in [1.54, 1.807) is 66.1 Å². The standard InChI is InChI=1S/C34H24Cl3N3O3S/c1-20-30(32(41)39-27-8-3-2-4-9-27)31(22-10-12-24(35)13-11-22)40-33(42)29(44-34(40)38-20)18-23-17-26(37)14-15-28(23)43-19-21-6-5-7-25(36)16-21/h2-18,31H,19H2,1H3,(H,39,41)/b29-18-/t31-/m1/s1. The van der Waals surface area contributed by atoms with Gasteiger partial charge in [0.15, 0.2) is 4.80 Å². The minimum absolute atomic E-state index is 0.278. The number of amides is 1. The predicted octanol–water partition coefficient (Wildman–Crippen LogP) is 7.41. The van der Waals surface area contributed by atoms with Gasteiger partial charge in [0.05, 0.1) is 21.8 Å². The molecule has 0 unspecified atom stereocenters. The van der Waals surface area contributed by atoms with Crippen molar-refractivity contribution in [3.63, 3.8) is 0 Å². The number of thiazole rings is 1. The van der Waals surface area contributed by atoms with Gasteiger partial charge in [0.25, 0.3) is 11.5 Å². The molecule has 0 radical (unpaired) electrons. The number of halogens is 3. The quantitative estimate of drug-likeness (QED) is 0.198. The second-order valence-electron chi connectivity index (χ2n) is 10.1. The summed E-state index contributed by atoms with van der Waals surface area (Å²) in [6.07, 6.45) is 1.74. The van der Waals surface area contributed by atoms with Gasteiger partial charge in [-0.05, 0) is 78.7 Å². The highest BCUT2D eigenvalue weighted by atomic mass is 35.5. The van der Waals surface area contributed by atoms with Gasteiger partial charge in [-0.25, -0.2) is 4.99 Å². The number of ether oxygens (including phenoxy) is 1. The van der Waals surface area contributed by atoms with Gasteiger partial charge < -0.3 is 10.1 Å². The van der Waals surface area contributed by atoms with E-state index in [2.05, 4.69) is 5.32 Å². The molecule has 1 amide bonds. The fraction of sp³-hybridized carbons (Fsp3) is 0.0882. The molecule has 0 fully saturated rings. The zero-order valence-electron chi connectivity index (χ0n) is 23.3. The molecule has 2 heterocycles. The van der Waals surface area contributed by atoms with E-state index < -0.39 is 6.04 Å². The summed E-state index contributed by atoms with van der Waals surface area (Å²) >= 11 is 19.9. The number of aromatic nitrogens is 1. The topological polar surface area (TPSA) is 72.7 Å². The molecule has 0 saturated heterocycles. The third kappa shape index (κ3) is 6.37. The van der Waals surface area contributed by atoms with Crippen molar-refractivity contribution < 1.29 is 9.53 Å². The first-order chi connectivity index (χ1) is 21.3. The lowest BCUT2D eigenvalue weighted by Gasteiger charge is -2.25. The second-order valence-corrected chi connectivity index (χ2v) is 12.4. The van der Waals surface area contributed by atoms with Gasteiger partial charge in [-0.1, -0.05) is 88.6 Å². The molecule has 220 valence electrons. The Hall–Kier alpha value is -4.14. The van der Waals surface area contributed by atoms with Crippen LogP contribution in [0.1, 0.15) is 29.7 Å². The smallest absolute Gasteiger partial charge is 0.271 e. The maximum absolute atomic E-state index is 14.1. The Balaban J connectivity index is 1.44. The molecular formula is C34H24Cl3N3O3S. The van der Waals surface area contributed by atoms with E-state index in [1.165, 1.54) is 11.3 Å². The number of fused-ring (bicyclic) bond motifs is 1. The minimum atomic E-state index is -0.729. The van der Waals surface area contributed by atoms with Crippen molar-refractivity contribution in [1.82, 2.24) is 4.57 Å². The van der Waals surface area contributed by atoms with Crippen molar-refractivity contribution >= 4 is 63.8 Å². The fourth-order valence-corrected chi connectivity index (χ4v) is 6.54. The van der Waals surface area contributed by atoms with Crippen LogP contribution in [0.3, 0.4) is 0 Å². The lowest BCUT2D eigenvalue weighted by molar-refractivity contribution is -0.113. The van der Waals surface area contributed by atoms with Crippen LogP contribution in [0, 0.1) is 0 Å². The number of allylic oxidation sites excluding steroid dienone is 1. The molecule has 4 aromatic carbocycles. The number of anilines is 1. The maximum atomic E-state index is 14.1. The Kier molecular flexibility index (Phi) is 8.73. The van der Waals surface area contributed by atoms with Crippen LogP contribution in [-0.2, 0) is 11.4 Å². The minimum Gasteiger partial charge on any atom is -0.488 e. The molecule has 5 aromatic rings. The average molecular weight is 661 g/mol. The molecule has 1 aromatic heterocycles. The van der Waals surface area contributed by atoms with Crippen molar-refractivity contribution in [1.29, 1.82) is 0 Å². The first-order valence-corrected chi connectivity index (χ1v) is 15.5. The molecule has 0 spiro atoms. The number of para-hydroxylation sites is 1. The van der Waals surface area contributed by atoms with Crippen LogP contribution < -0.4 is 24.9 Å². The lowest BCUT2D eigenvalue weighted by Crippen LogP contribution is -2.40. The summed E-state index contributed by atoms with van der Waals surface area (Å²) in [5.74, 6) is 0.201. The van der Waals surface area contributed by atoms with Crippen molar-refractivity contribution in [3.05, 3.63) is 160 Å². The van der Waals surface area contributed by atoms with E-state index in [0.717, 1.165) is 11.1 Å². The Labute approximate surface area is 272 Å². The first-order valence-electron chi connectivity index (χ1n) is 13.6. The van der Waals surface area contributed by atoms with Crippen LogP contribution in [-0.4, -0.2) is 10.5 Å². The second kappa shape index (κ2) is 12.8. The van der Waals surface area contributed by atoms with E-state index in [0.29, 0.717) is 52.7 Å². The van der Waals surface area contributed by atoms with Gasteiger partial charge in [0, 0.05) is 26.3 Å². The van der Waals surface area contributed by atoms with Gasteiger partial charge in [-0.2, -0.15) is 0 Å². The van der Waals surface area contributed by atoms with Gasteiger partial charge in [0.1, 0.15) is 12.4 Å². The number of rotatable bonds is 7. The highest BCUT2D eigenvalue weighted by Crippen LogP contribution is 2.32. The Bertz CT molecular complexity index is 2090. The molecule has 6 nitrogen and oxygen atoms in total. The molecular weight excluding hydrogens is 637 g/mol. The molecule has 0 saturated carbocycles. The third-order valence-corrected chi connectivity index (χ3v) is 8.73. The SMILES string of the molecule is CC1=C(C(=O)Nc2ccccc2)[C@@H](c2ccc(Cl)cc2)n2c(s/c(=C\c3cc(Cl)ccc3OCc3cccc(Cl)c3)c2=O)=N1. The molecule has 44 heavy (non-hydrogen) atoms. The van der Waals surface area contributed by atoms with Crippen molar-refractivity contribution in [2.45, 2.75) is 19.6 Å². The largest absolute Gasteiger partial charge is 0.488 e. The normalized spacial score (nSPS) is 14.6. The summed E-state index contributed by atoms with van der Waals surface area (Å²) in [5.41, 5.74) is 3.47. The number of carbonyl (C=O) groups is 1.